The molecule has 0 saturated carbocycles. The molecule has 2 aliphatic rings. The van der Waals surface area contributed by atoms with Crippen LogP contribution < -0.4 is 5.32 Å². The van der Waals surface area contributed by atoms with Crippen molar-refractivity contribution in [2.75, 3.05) is 20.1 Å². The Morgan fingerprint density at radius 2 is 1.90 bits per heavy atom. The lowest BCUT2D eigenvalue weighted by Crippen LogP contribution is -2.43. The van der Waals surface area contributed by atoms with E-state index in [2.05, 4.69) is 28.4 Å². The highest BCUT2D eigenvalue weighted by Gasteiger charge is 2.33. The Morgan fingerprint density at radius 3 is 2.68 bits per heavy atom. The number of likely N-dealkylation sites (tertiary alicyclic amines) is 1. The molecule has 0 unspecified atom stereocenters. The summed E-state index contributed by atoms with van der Waals surface area (Å²) in [5.41, 5.74) is 2.62. The highest BCUT2D eigenvalue weighted by atomic mass is 16.4. The van der Waals surface area contributed by atoms with Gasteiger partial charge in [-0.15, -0.1) is 0 Å². The van der Waals surface area contributed by atoms with Gasteiger partial charge in [0.15, 0.2) is 5.76 Å². The van der Waals surface area contributed by atoms with Crippen molar-refractivity contribution in [3.05, 3.63) is 59.0 Å². The van der Waals surface area contributed by atoms with E-state index in [1.807, 2.05) is 18.0 Å². The minimum Gasteiger partial charge on any atom is -0.453 e. The van der Waals surface area contributed by atoms with Crippen LogP contribution in [0.5, 0.6) is 0 Å². The molecule has 7 heteroatoms. The zero-order chi connectivity index (χ0) is 21.8. The van der Waals surface area contributed by atoms with Crippen LogP contribution in [0.1, 0.15) is 53.1 Å². The van der Waals surface area contributed by atoms with Gasteiger partial charge in [-0.25, -0.2) is 0 Å². The molecule has 4 rings (SSSR count). The maximum atomic E-state index is 13.0. The van der Waals surface area contributed by atoms with Crippen LogP contribution in [-0.4, -0.2) is 58.9 Å². The smallest absolute Gasteiger partial charge is 0.287 e. The van der Waals surface area contributed by atoms with Crippen molar-refractivity contribution in [3.8, 4) is 0 Å². The summed E-state index contributed by atoms with van der Waals surface area (Å²) in [4.78, 5) is 29.5. The van der Waals surface area contributed by atoms with Gasteiger partial charge in [-0.05, 0) is 56.0 Å². The predicted molar refractivity (Wildman–Crippen MR) is 116 cm³/mol. The summed E-state index contributed by atoms with van der Waals surface area (Å²) < 4.78 is 5.29. The lowest BCUT2D eigenvalue weighted by Gasteiger charge is -2.28. The Kier molecular flexibility index (Phi) is 6.73. The average Bonchev–Trinajstić information content (AvgIpc) is 3.32. The molecule has 2 N–H and O–H groups in total. The second-order valence-electron chi connectivity index (χ2n) is 8.58. The number of hydrogen-bond acceptors (Lipinski definition) is 5. The summed E-state index contributed by atoms with van der Waals surface area (Å²) in [6, 6.07) is 12.0. The van der Waals surface area contributed by atoms with Crippen LogP contribution in [0.2, 0.25) is 0 Å². The molecule has 31 heavy (non-hydrogen) atoms. The van der Waals surface area contributed by atoms with Crippen LogP contribution in [0.25, 0.3) is 0 Å². The largest absolute Gasteiger partial charge is 0.453 e. The van der Waals surface area contributed by atoms with Gasteiger partial charge in [0.2, 0.25) is 5.91 Å². The third-order valence-electron chi connectivity index (χ3n) is 6.64. The quantitative estimate of drug-likeness (QED) is 0.742. The number of benzene rings is 1. The predicted octanol–water partition coefficient (Wildman–Crippen LogP) is 2.33. The van der Waals surface area contributed by atoms with Gasteiger partial charge in [-0.1, -0.05) is 24.3 Å². The molecule has 3 heterocycles. The lowest BCUT2D eigenvalue weighted by atomic mass is 10.0. The van der Waals surface area contributed by atoms with E-state index < -0.39 is 0 Å². The van der Waals surface area contributed by atoms with E-state index in [1.165, 1.54) is 11.1 Å². The molecule has 1 fully saturated rings. The normalized spacial score (nSPS) is 21.5. The van der Waals surface area contributed by atoms with E-state index in [0.717, 1.165) is 32.2 Å². The maximum absolute atomic E-state index is 13.0. The third-order valence-corrected chi connectivity index (χ3v) is 6.64. The first-order valence-corrected chi connectivity index (χ1v) is 11.1. The fourth-order valence-corrected chi connectivity index (χ4v) is 4.71. The molecular weight excluding hydrogens is 394 g/mol. The number of rotatable bonds is 6. The van der Waals surface area contributed by atoms with Crippen LogP contribution in [0.4, 0.5) is 0 Å². The minimum absolute atomic E-state index is 0.192. The van der Waals surface area contributed by atoms with Crippen LogP contribution in [-0.2, 0) is 24.4 Å². The van der Waals surface area contributed by atoms with Crippen LogP contribution in [0.3, 0.4) is 0 Å². The van der Waals surface area contributed by atoms with E-state index in [9.17, 15) is 9.59 Å². The van der Waals surface area contributed by atoms with Crippen molar-refractivity contribution < 1.29 is 19.1 Å². The first-order valence-electron chi connectivity index (χ1n) is 11.1. The van der Waals surface area contributed by atoms with Crippen molar-refractivity contribution in [1.82, 2.24) is 15.1 Å². The second kappa shape index (κ2) is 9.66. The van der Waals surface area contributed by atoms with Gasteiger partial charge in [0.1, 0.15) is 12.4 Å². The molecule has 1 saturated heterocycles. The van der Waals surface area contributed by atoms with Crippen molar-refractivity contribution in [3.63, 3.8) is 0 Å². The SMILES string of the molecule is CN1[C@@H](CC(=O)N2CCCc3ccccc3C2)CC[C@H]1CNC(=O)c1ccc(CO)o1. The molecule has 1 aromatic carbocycles. The standard InChI is InChI=1S/C24H31N3O4/c1-26-19(8-9-20(26)14-25-24(30)22-11-10-21(16-28)31-22)13-23(29)27-12-4-7-17-5-2-3-6-18(17)15-27/h2-3,5-6,10-11,19-20,28H,4,7-9,12-16H2,1H3,(H,25,30)/t19-,20+/m1/s1. The molecule has 166 valence electrons. The van der Waals surface area contributed by atoms with Crippen molar-refractivity contribution >= 4 is 11.8 Å². The number of aliphatic hydroxyl groups excluding tert-OH is 1. The Labute approximate surface area is 183 Å². The summed E-state index contributed by atoms with van der Waals surface area (Å²) in [5, 5.41) is 12.0. The first kappa shape index (κ1) is 21.6. The van der Waals surface area contributed by atoms with E-state index in [1.54, 1.807) is 12.1 Å². The topological polar surface area (TPSA) is 86.0 Å². The van der Waals surface area contributed by atoms with Gasteiger partial charge in [0.05, 0.1) is 0 Å². The van der Waals surface area contributed by atoms with Gasteiger partial charge in [0, 0.05) is 38.1 Å². The molecule has 2 aliphatic heterocycles. The first-order chi connectivity index (χ1) is 15.0. The number of aliphatic hydroxyl groups is 1. The maximum Gasteiger partial charge on any atom is 0.287 e. The Morgan fingerprint density at radius 1 is 1.13 bits per heavy atom. The fourth-order valence-electron chi connectivity index (χ4n) is 4.71. The monoisotopic (exact) mass is 425 g/mol. The molecule has 2 aromatic rings. The summed E-state index contributed by atoms with van der Waals surface area (Å²) in [5.74, 6) is 0.511. The molecule has 1 aromatic heterocycles. The molecule has 7 nitrogen and oxygen atoms in total. The highest BCUT2D eigenvalue weighted by Crippen LogP contribution is 2.26. The van der Waals surface area contributed by atoms with Crippen LogP contribution in [0.15, 0.2) is 40.8 Å². The molecule has 0 bridgehead atoms. The van der Waals surface area contributed by atoms with E-state index in [4.69, 9.17) is 9.52 Å². The zero-order valence-electron chi connectivity index (χ0n) is 18.0. The summed E-state index contributed by atoms with van der Waals surface area (Å²) in [6.45, 7) is 1.79. The minimum atomic E-state index is -0.282. The van der Waals surface area contributed by atoms with Crippen molar-refractivity contribution in [2.24, 2.45) is 0 Å². The number of amides is 2. The molecule has 2 amide bonds. The Hall–Kier alpha value is -2.64. The number of carbonyl (C=O) groups is 2. The molecule has 0 radical (unpaired) electrons. The summed E-state index contributed by atoms with van der Waals surface area (Å²) >= 11 is 0. The van der Waals surface area contributed by atoms with Gasteiger partial charge in [0.25, 0.3) is 5.91 Å². The number of fused-ring (bicyclic) bond motifs is 1. The number of nitrogens with zero attached hydrogens (tertiary/aromatic N) is 2. The lowest BCUT2D eigenvalue weighted by molar-refractivity contribution is -0.132. The van der Waals surface area contributed by atoms with Gasteiger partial charge >= 0.3 is 0 Å². The number of hydrogen-bond donors (Lipinski definition) is 2. The number of carbonyl (C=O) groups excluding carboxylic acids is 2. The van der Waals surface area contributed by atoms with Crippen LogP contribution >= 0.6 is 0 Å². The van der Waals surface area contributed by atoms with Gasteiger partial charge in [-0.3, -0.25) is 14.5 Å². The van der Waals surface area contributed by atoms with Gasteiger partial charge < -0.3 is 19.7 Å². The molecule has 2 atom stereocenters. The van der Waals surface area contributed by atoms with E-state index in [0.29, 0.717) is 25.3 Å². The summed E-state index contributed by atoms with van der Waals surface area (Å²) in [6.07, 6.45) is 4.44. The number of aryl methyl sites for hydroxylation is 1. The highest BCUT2D eigenvalue weighted by molar-refractivity contribution is 5.91. The van der Waals surface area contributed by atoms with E-state index >= 15 is 0 Å². The number of nitrogens with one attached hydrogen (secondary N) is 1. The van der Waals surface area contributed by atoms with Crippen molar-refractivity contribution in [2.45, 2.75) is 57.3 Å². The van der Waals surface area contributed by atoms with Gasteiger partial charge in [-0.2, -0.15) is 0 Å². The number of likely N-dealkylation sites (N-methyl/N-ethyl adjacent to an activating group) is 1. The average molecular weight is 426 g/mol. The fraction of sp³-hybridized carbons (Fsp3) is 0.500. The Balaban J connectivity index is 1.28. The number of furan rings is 1. The third kappa shape index (κ3) is 4.99. The second-order valence-corrected chi connectivity index (χ2v) is 8.58. The Bertz CT molecular complexity index is 925. The van der Waals surface area contributed by atoms with E-state index in [-0.39, 0.29) is 36.3 Å². The summed E-state index contributed by atoms with van der Waals surface area (Å²) in [7, 11) is 2.04. The van der Waals surface area contributed by atoms with Crippen molar-refractivity contribution in [1.29, 1.82) is 0 Å². The molecular formula is C24H31N3O4. The van der Waals surface area contributed by atoms with Crippen LogP contribution in [0, 0.1) is 0 Å². The molecule has 0 aliphatic carbocycles. The zero-order valence-corrected chi connectivity index (χ0v) is 18.0. The molecule has 0 spiro atoms.